The molecule has 1 N–H and O–H groups in total. The van der Waals surface area contributed by atoms with Crippen LogP contribution in [0.3, 0.4) is 0 Å². The summed E-state index contributed by atoms with van der Waals surface area (Å²) in [7, 11) is 0. The van der Waals surface area contributed by atoms with E-state index in [4.69, 9.17) is 9.47 Å². The zero-order valence-electron chi connectivity index (χ0n) is 14.5. The van der Waals surface area contributed by atoms with Crippen LogP contribution in [0, 0.1) is 5.92 Å². The van der Waals surface area contributed by atoms with Gasteiger partial charge in [0, 0.05) is 31.1 Å². The number of nitrogens with one attached hydrogen (secondary N) is 1. The van der Waals surface area contributed by atoms with Gasteiger partial charge >= 0.3 is 0 Å². The standard InChI is InChI=1S/C19H28N2O3/c1-15-8-10-21(11-9-15)17-6-4-16(5-7-17)20-19(22)14-23-13-18-3-2-12-24-18/h4-7,15,18H,2-3,8-14H2,1H3,(H,20,22). The lowest BCUT2D eigenvalue weighted by Crippen LogP contribution is -2.32. The molecule has 2 fully saturated rings. The molecule has 1 unspecified atom stereocenters. The lowest BCUT2D eigenvalue weighted by Gasteiger charge is -2.32. The third kappa shape index (κ3) is 4.95. The van der Waals surface area contributed by atoms with Crippen molar-refractivity contribution in [3.05, 3.63) is 24.3 Å². The molecule has 0 spiro atoms. The van der Waals surface area contributed by atoms with Crippen LogP contribution in [0.1, 0.15) is 32.6 Å². The van der Waals surface area contributed by atoms with Gasteiger partial charge in [0.25, 0.3) is 0 Å². The van der Waals surface area contributed by atoms with Gasteiger partial charge in [-0.25, -0.2) is 0 Å². The molecule has 5 nitrogen and oxygen atoms in total. The van der Waals surface area contributed by atoms with Gasteiger partial charge in [-0.3, -0.25) is 4.79 Å². The molecule has 2 saturated heterocycles. The molecule has 0 radical (unpaired) electrons. The van der Waals surface area contributed by atoms with Crippen molar-refractivity contribution in [2.24, 2.45) is 5.92 Å². The summed E-state index contributed by atoms with van der Waals surface area (Å²) < 4.78 is 10.9. The van der Waals surface area contributed by atoms with Gasteiger partial charge in [-0.1, -0.05) is 6.92 Å². The van der Waals surface area contributed by atoms with Gasteiger partial charge in [0.2, 0.25) is 5.91 Å². The van der Waals surface area contributed by atoms with Crippen LogP contribution in [0.2, 0.25) is 0 Å². The SMILES string of the molecule is CC1CCN(c2ccc(NC(=O)COCC3CCCO3)cc2)CC1. The number of carbonyl (C=O) groups is 1. The van der Waals surface area contributed by atoms with Crippen molar-refractivity contribution in [1.82, 2.24) is 0 Å². The molecule has 2 heterocycles. The lowest BCUT2D eigenvalue weighted by atomic mass is 9.99. The number of nitrogens with zero attached hydrogens (tertiary/aromatic N) is 1. The third-order valence-corrected chi connectivity index (χ3v) is 4.86. The summed E-state index contributed by atoms with van der Waals surface area (Å²) in [6.45, 7) is 5.93. The van der Waals surface area contributed by atoms with Crippen LogP contribution in [-0.4, -0.2) is 44.9 Å². The minimum atomic E-state index is -0.118. The van der Waals surface area contributed by atoms with E-state index in [2.05, 4.69) is 29.3 Å². The van der Waals surface area contributed by atoms with Crippen molar-refractivity contribution in [3.63, 3.8) is 0 Å². The Hall–Kier alpha value is -1.59. The summed E-state index contributed by atoms with van der Waals surface area (Å²) in [6, 6.07) is 8.09. The molecule has 3 rings (SSSR count). The second-order valence-electron chi connectivity index (χ2n) is 6.91. The van der Waals surface area contributed by atoms with Gasteiger partial charge in [0.05, 0.1) is 12.7 Å². The lowest BCUT2D eigenvalue weighted by molar-refractivity contribution is -0.121. The highest BCUT2D eigenvalue weighted by atomic mass is 16.5. The first-order chi connectivity index (χ1) is 11.7. The fourth-order valence-corrected chi connectivity index (χ4v) is 3.28. The smallest absolute Gasteiger partial charge is 0.250 e. The molecular weight excluding hydrogens is 304 g/mol. The summed E-state index contributed by atoms with van der Waals surface area (Å²) in [5.41, 5.74) is 2.05. The fourth-order valence-electron chi connectivity index (χ4n) is 3.28. The number of rotatable bonds is 6. The minimum absolute atomic E-state index is 0.0750. The van der Waals surface area contributed by atoms with E-state index in [0.717, 1.165) is 44.1 Å². The number of hydrogen-bond donors (Lipinski definition) is 1. The third-order valence-electron chi connectivity index (χ3n) is 4.86. The van der Waals surface area contributed by atoms with Crippen LogP contribution in [-0.2, 0) is 14.3 Å². The van der Waals surface area contributed by atoms with Crippen LogP contribution in [0.25, 0.3) is 0 Å². The maximum absolute atomic E-state index is 11.9. The van der Waals surface area contributed by atoms with Gasteiger partial charge in [0.1, 0.15) is 6.61 Å². The van der Waals surface area contributed by atoms with Crippen molar-refractivity contribution in [2.45, 2.75) is 38.7 Å². The van der Waals surface area contributed by atoms with E-state index in [0.29, 0.717) is 6.61 Å². The normalized spacial score (nSPS) is 21.9. The molecule has 0 aliphatic carbocycles. The number of anilines is 2. The highest BCUT2D eigenvalue weighted by Crippen LogP contribution is 2.24. The maximum atomic E-state index is 11.9. The van der Waals surface area contributed by atoms with Crippen LogP contribution in [0.5, 0.6) is 0 Å². The minimum Gasteiger partial charge on any atom is -0.376 e. The molecular formula is C19H28N2O3. The summed E-state index contributed by atoms with van der Waals surface area (Å²) in [5.74, 6) is 0.710. The fraction of sp³-hybridized carbons (Fsp3) is 0.632. The van der Waals surface area contributed by atoms with Crippen molar-refractivity contribution in [1.29, 1.82) is 0 Å². The summed E-state index contributed by atoms with van der Waals surface area (Å²) in [4.78, 5) is 14.3. The van der Waals surface area contributed by atoms with E-state index < -0.39 is 0 Å². The van der Waals surface area contributed by atoms with Crippen LogP contribution < -0.4 is 10.2 Å². The monoisotopic (exact) mass is 332 g/mol. The first-order valence-electron chi connectivity index (χ1n) is 9.05. The number of carbonyl (C=O) groups excluding carboxylic acids is 1. The van der Waals surface area contributed by atoms with E-state index >= 15 is 0 Å². The molecule has 0 saturated carbocycles. The molecule has 1 aromatic rings. The molecule has 132 valence electrons. The van der Waals surface area contributed by atoms with Gasteiger partial charge in [-0.05, 0) is 55.9 Å². The zero-order chi connectivity index (χ0) is 16.8. The molecule has 5 heteroatoms. The quantitative estimate of drug-likeness (QED) is 0.870. The molecule has 1 atom stereocenters. The van der Waals surface area contributed by atoms with Crippen LogP contribution >= 0.6 is 0 Å². The first-order valence-corrected chi connectivity index (χ1v) is 9.05. The predicted molar refractivity (Wildman–Crippen MR) is 95.5 cm³/mol. The Morgan fingerprint density at radius 1 is 1.25 bits per heavy atom. The Kier molecular flexibility index (Phi) is 6.10. The topological polar surface area (TPSA) is 50.8 Å². The molecule has 0 aromatic heterocycles. The second-order valence-corrected chi connectivity index (χ2v) is 6.91. The number of ether oxygens (including phenoxy) is 2. The number of hydrogen-bond acceptors (Lipinski definition) is 4. The van der Waals surface area contributed by atoms with Crippen LogP contribution in [0.15, 0.2) is 24.3 Å². The number of piperidine rings is 1. The summed E-state index contributed by atoms with van der Waals surface area (Å²) in [6.07, 6.45) is 4.77. The van der Waals surface area contributed by atoms with Gasteiger partial charge in [0.15, 0.2) is 0 Å². The average molecular weight is 332 g/mol. The van der Waals surface area contributed by atoms with E-state index in [1.54, 1.807) is 0 Å². The molecule has 24 heavy (non-hydrogen) atoms. The molecule has 2 aliphatic heterocycles. The summed E-state index contributed by atoms with van der Waals surface area (Å²) in [5, 5.41) is 2.88. The summed E-state index contributed by atoms with van der Waals surface area (Å²) >= 11 is 0. The van der Waals surface area contributed by atoms with E-state index in [-0.39, 0.29) is 18.6 Å². The zero-order valence-corrected chi connectivity index (χ0v) is 14.5. The van der Waals surface area contributed by atoms with Gasteiger partial charge in [-0.2, -0.15) is 0 Å². The highest BCUT2D eigenvalue weighted by molar-refractivity contribution is 5.91. The Morgan fingerprint density at radius 2 is 2.00 bits per heavy atom. The second kappa shape index (κ2) is 8.49. The molecule has 0 bridgehead atoms. The van der Waals surface area contributed by atoms with Crippen LogP contribution in [0.4, 0.5) is 11.4 Å². The number of benzene rings is 1. The number of amides is 1. The Morgan fingerprint density at radius 3 is 2.67 bits per heavy atom. The predicted octanol–water partition coefficient (Wildman–Crippen LogP) is 3.06. The Labute approximate surface area is 144 Å². The largest absolute Gasteiger partial charge is 0.376 e. The Balaban J connectivity index is 1.41. The molecule has 1 aromatic carbocycles. The Bertz CT molecular complexity index is 518. The first kappa shape index (κ1) is 17.2. The average Bonchev–Trinajstić information content (AvgIpc) is 3.10. The van der Waals surface area contributed by atoms with E-state index in [9.17, 15) is 4.79 Å². The van der Waals surface area contributed by atoms with Crippen molar-refractivity contribution in [3.8, 4) is 0 Å². The van der Waals surface area contributed by atoms with Gasteiger partial charge in [-0.15, -0.1) is 0 Å². The van der Waals surface area contributed by atoms with Crippen molar-refractivity contribution in [2.75, 3.05) is 43.1 Å². The van der Waals surface area contributed by atoms with E-state index in [1.807, 2.05) is 12.1 Å². The van der Waals surface area contributed by atoms with Crippen molar-refractivity contribution < 1.29 is 14.3 Å². The molecule has 2 aliphatic rings. The van der Waals surface area contributed by atoms with E-state index in [1.165, 1.54) is 18.5 Å². The molecule has 1 amide bonds. The van der Waals surface area contributed by atoms with Gasteiger partial charge < -0.3 is 19.7 Å². The maximum Gasteiger partial charge on any atom is 0.250 e. The van der Waals surface area contributed by atoms with Crippen molar-refractivity contribution >= 4 is 17.3 Å². The highest BCUT2D eigenvalue weighted by Gasteiger charge is 2.17.